The normalized spacial score (nSPS) is 12.8. The van der Waals surface area contributed by atoms with E-state index in [9.17, 15) is 5.11 Å². The lowest BCUT2D eigenvalue weighted by atomic mass is 10.2. The van der Waals surface area contributed by atoms with Gasteiger partial charge >= 0.3 is 0 Å². The second kappa shape index (κ2) is 5.73. The van der Waals surface area contributed by atoms with Gasteiger partial charge in [0.1, 0.15) is 0 Å². The number of rotatable bonds is 5. The van der Waals surface area contributed by atoms with Crippen molar-refractivity contribution in [2.45, 2.75) is 32.9 Å². The number of nitrogens with zero attached hydrogens (tertiary/aromatic N) is 1. The van der Waals surface area contributed by atoms with Crippen LogP contribution in [0.4, 0.5) is 0 Å². The predicted molar refractivity (Wildman–Crippen MR) is 57.0 cm³/mol. The maximum absolute atomic E-state index is 9.31. The fourth-order valence-electron chi connectivity index (χ4n) is 1.24. The molecule has 2 N–H and O–H groups in total. The third-order valence-electron chi connectivity index (χ3n) is 2.11. The molecule has 0 saturated heterocycles. The van der Waals surface area contributed by atoms with Gasteiger partial charge in [-0.15, -0.1) is 0 Å². The molecule has 0 fully saturated rings. The van der Waals surface area contributed by atoms with Crippen LogP contribution < -0.4 is 5.32 Å². The number of aliphatic hydroxyl groups excluding tert-OH is 1. The van der Waals surface area contributed by atoms with E-state index in [2.05, 4.69) is 16.4 Å². The minimum absolute atomic E-state index is 0.243. The number of nitrogens with one attached hydrogen (secondary N) is 1. The Balaban J connectivity index is 2.31. The van der Waals surface area contributed by atoms with E-state index in [1.165, 1.54) is 5.56 Å². The van der Waals surface area contributed by atoms with Crippen LogP contribution in [-0.4, -0.2) is 22.7 Å². The summed E-state index contributed by atoms with van der Waals surface area (Å²) in [6, 6.07) is 2.10. The average molecular weight is 194 g/mol. The first-order valence-electron chi connectivity index (χ1n) is 5.01. The number of aliphatic hydroxyl groups is 1. The molecule has 1 unspecified atom stereocenters. The minimum Gasteiger partial charge on any atom is -0.392 e. The molecule has 1 atom stereocenters. The molecule has 0 aliphatic carbocycles. The van der Waals surface area contributed by atoms with E-state index in [-0.39, 0.29) is 6.10 Å². The zero-order chi connectivity index (χ0) is 10.4. The van der Waals surface area contributed by atoms with Gasteiger partial charge in [0.2, 0.25) is 0 Å². The Hall–Kier alpha value is -0.930. The van der Waals surface area contributed by atoms with Crippen molar-refractivity contribution in [3.8, 4) is 0 Å². The van der Waals surface area contributed by atoms with E-state index < -0.39 is 0 Å². The highest BCUT2D eigenvalue weighted by molar-refractivity contribution is 5.16. The van der Waals surface area contributed by atoms with Crippen LogP contribution in [-0.2, 0) is 6.54 Å². The summed E-state index contributed by atoms with van der Waals surface area (Å²) in [6.07, 6.45) is 4.23. The molecule has 1 aromatic heterocycles. The first-order valence-corrected chi connectivity index (χ1v) is 5.01. The molecule has 0 aliphatic heterocycles. The molecule has 0 aliphatic rings. The predicted octanol–water partition coefficient (Wildman–Crippen LogP) is 1.25. The first kappa shape index (κ1) is 11.1. The lowest BCUT2D eigenvalue weighted by Crippen LogP contribution is -2.25. The van der Waals surface area contributed by atoms with Gasteiger partial charge in [-0.05, 0) is 24.5 Å². The Kier molecular flexibility index (Phi) is 4.56. The molecule has 1 heterocycles. The Morgan fingerprint density at radius 2 is 2.29 bits per heavy atom. The Morgan fingerprint density at radius 3 is 2.93 bits per heavy atom. The summed E-state index contributed by atoms with van der Waals surface area (Å²) >= 11 is 0. The standard InChI is InChI=1S/C11H18N2O/c1-3-11(14)8-13-7-10-4-9(2)5-12-6-10/h4-6,11,13-14H,3,7-8H2,1-2H3. The maximum atomic E-state index is 9.31. The molecule has 0 amide bonds. The molecule has 1 rings (SSSR count). The summed E-state index contributed by atoms with van der Waals surface area (Å²) in [5.74, 6) is 0. The van der Waals surface area contributed by atoms with Crippen LogP contribution in [0.5, 0.6) is 0 Å². The van der Waals surface area contributed by atoms with E-state index in [1.54, 1.807) is 0 Å². The molecule has 3 nitrogen and oxygen atoms in total. The fraction of sp³-hybridized carbons (Fsp3) is 0.545. The zero-order valence-corrected chi connectivity index (χ0v) is 8.83. The van der Waals surface area contributed by atoms with Crippen LogP contribution in [0.25, 0.3) is 0 Å². The SMILES string of the molecule is CCC(O)CNCc1cncc(C)c1. The fourth-order valence-corrected chi connectivity index (χ4v) is 1.24. The molecule has 0 aromatic carbocycles. The van der Waals surface area contributed by atoms with E-state index in [0.29, 0.717) is 6.54 Å². The van der Waals surface area contributed by atoms with Crippen molar-refractivity contribution >= 4 is 0 Å². The maximum Gasteiger partial charge on any atom is 0.0662 e. The van der Waals surface area contributed by atoms with Crippen molar-refractivity contribution in [3.63, 3.8) is 0 Å². The second-order valence-corrected chi connectivity index (χ2v) is 3.56. The largest absolute Gasteiger partial charge is 0.392 e. The van der Waals surface area contributed by atoms with Gasteiger partial charge in [-0.3, -0.25) is 4.98 Å². The third-order valence-corrected chi connectivity index (χ3v) is 2.11. The van der Waals surface area contributed by atoms with Gasteiger partial charge in [0.15, 0.2) is 0 Å². The average Bonchev–Trinajstić information content (AvgIpc) is 2.17. The van der Waals surface area contributed by atoms with Crippen molar-refractivity contribution < 1.29 is 5.11 Å². The molecule has 14 heavy (non-hydrogen) atoms. The van der Waals surface area contributed by atoms with Gasteiger partial charge in [0, 0.05) is 25.5 Å². The van der Waals surface area contributed by atoms with Gasteiger partial charge < -0.3 is 10.4 Å². The Labute approximate surface area is 85.2 Å². The van der Waals surface area contributed by atoms with Gasteiger partial charge in [0.25, 0.3) is 0 Å². The molecule has 1 aromatic rings. The third kappa shape index (κ3) is 3.85. The smallest absolute Gasteiger partial charge is 0.0662 e. The summed E-state index contributed by atoms with van der Waals surface area (Å²) in [5.41, 5.74) is 2.33. The van der Waals surface area contributed by atoms with Crippen molar-refractivity contribution in [2.24, 2.45) is 0 Å². The summed E-state index contributed by atoms with van der Waals surface area (Å²) in [6.45, 7) is 5.41. The molecule has 0 radical (unpaired) electrons. The van der Waals surface area contributed by atoms with Crippen molar-refractivity contribution in [1.82, 2.24) is 10.3 Å². The highest BCUT2D eigenvalue weighted by Gasteiger charge is 1.99. The molecule has 3 heteroatoms. The highest BCUT2D eigenvalue weighted by atomic mass is 16.3. The Morgan fingerprint density at radius 1 is 1.50 bits per heavy atom. The Bertz CT molecular complexity index is 276. The highest BCUT2D eigenvalue weighted by Crippen LogP contribution is 2.00. The minimum atomic E-state index is -0.243. The monoisotopic (exact) mass is 194 g/mol. The van der Waals surface area contributed by atoms with E-state index >= 15 is 0 Å². The van der Waals surface area contributed by atoms with Crippen LogP contribution in [0, 0.1) is 6.92 Å². The summed E-state index contributed by atoms with van der Waals surface area (Å²) in [4.78, 5) is 4.10. The quantitative estimate of drug-likeness (QED) is 0.741. The van der Waals surface area contributed by atoms with Crippen molar-refractivity contribution in [2.75, 3.05) is 6.54 Å². The lowest BCUT2D eigenvalue weighted by Gasteiger charge is -2.09. The number of pyridine rings is 1. The summed E-state index contributed by atoms with van der Waals surface area (Å²) in [7, 11) is 0. The first-order chi connectivity index (χ1) is 6.72. The van der Waals surface area contributed by atoms with Gasteiger partial charge in [-0.25, -0.2) is 0 Å². The molecule has 0 spiro atoms. The molecular weight excluding hydrogens is 176 g/mol. The van der Waals surface area contributed by atoms with E-state index in [4.69, 9.17) is 0 Å². The van der Waals surface area contributed by atoms with Crippen LogP contribution in [0.1, 0.15) is 24.5 Å². The molecule has 78 valence electrons. The van der Waals surface area contributed by atoms with E-state index in [1.807, 2.05) is 26.2 Å². The van der Waals surface area contributed by atoms with Gasteiger partial charge in [-0.2, -0.15) is 0 Å². The lowest BCUT2D eigenvalue weighted by molar-refractivity contribution is 0.167. The number of hydrogen-bond acceptors (Lipinski definition) is 3. The molecular formula is C11H18N2O. The number of hydrogen-bond donors (Lipinski definition) is 2. The van der Waals surface area contributed by atoms with Crippen LogP contribution in [0.3, 0.4) is 0 Å². The molecule has 0 bridgehead atoms. The van der Waals surface area contributed by atoms with Gasteiger partial charge in [0.05, 0.1) is 6.10 Å². The summed E-state index contributed by atoms with van der Waals surface area (Å²) in [5, 5.41) is 12.5. The van der Waals surface area contributed by atoms with Crippen molar-refractivity contribution in [1.29, 1.82) is 0 Å². The zero-order valence-electron chi connectivity index (χ0n) is 8.83. The van der Waals surface area contributed by atoms with Crippen molar-refractivity contribution in [3.05, 3.63) is 29.6 Å². The number of aryl methyl sites for hydroxylation is 1. The van der Waals surface area contributed by atoms with Gasteiger partial charge in [-0.1, -0.05) is 13.0 Å². The number of aromatic nitrogens is 1. The van der Waals surface area contributed by atoms with Crippen LogP contribution >= 0.6 is 0 Å². The molecule has 0 saturated carbocycles. The summed E-state index contributed by atoms with van der Waals surface area (Å²) < 4.78 is 0. The topological polar surface area (TPSA) is 45.1 Å². The van der Waals surface area contributed by atoms with E-state index in [0.717, 1.165) is 18.5 Å². The second-order valence-electron chi connectivity index (χ2n) is 3.56. The van der Waals surface area contributed by atoms with Crippen LogP contribution in [0.15, 0.2) is 18.5 Å². The van der Waals surface area contributed by atoms with Crippen LogP contribution in [0.2, 0.25) is 0 Å².